The van der Waals surface area contributed by atoms with Crippen molar-refractivity contribution in [3.05, 3.63) is 54.4 Å². The quantitative estimate of drug-likeness (QED) is 0.775. The molecule has 5 nitrogen and oxygen atoms in total. The molecular weight excluding hydrogens is 264 g/mol. The molecule has 1 amide bonds. The molecule has 3 aromatic rings. The van der Waals surface area contributed by atoms with Gasteiger partial charge in [0.05, 0.1) is 17.4 Å². The molecule has 0 unspecified atom stereocenters. The lowest BCUT2D eigenvalue weighted by Gasteiger charge is -2.13. The van der Waals surface area contributed by atoms with E-state index in [2.05, 4.69) is 15.3 Å². The van der Waals surface area contributed by atoms with Gasteiger partial charge in [-0.3, -0.25) is 4.79 Å². The number of hydrogen-bond donors (Lipinski definition) is 2. The molecule has 0 saturated heterocycles. The van der Waals surface area contributed by atoms with Gasteiger partial charge in [-0.2, -0.15) is 0 Å². The molecule has 1 heterocycles. The van der Waals surface area contributed by atoms with E-state index in [1.54, 1.807) is 12.4 Å². The number of nitrogens with zero attached hydrogens (tertiary/aromatic N) is 2. The van der Waals surface area contributed by atoms with E-state index in [-0.39, 0.29) is 5.91 Å². The molecule has 2 aromatic carbocycles. The van der Waals surface area contributed by atoms with Gasteiger partial charge in [-0.05, 0) is 36.4 Å². The van der Waals surface area contributed by atoms with Gasteiger partial charge in [0.2, 0.25) is 0 Å². The number of aromatic nitrogens is 2. The Labute approximate surface area is 122 Å². The molecule has 0 spiro atoms. The van der Waals surface area contributed by atoms with Gasteiger partial charge in [0.15, 0.2) is 0 Å². The lowest BCUT2D eigenvalue weighted by molar-refractivity contribution is 0.102. The van der Waals surface area contributed by atoms with Crippen molar-refractivity contribution in [3.8, 4) is 0 Å². The van der Waals surface area contributed by atoms with E-state index in [0.29, 0.717) is 5.56 Å². The van der Waals surface area contributed by atoms with Crippen LogP contribution in [0.3, 0.4) is 0 Å². The van der Waals surface area contributed by atoms with Crippen molar-refractivity contribution in [3.63, 3.8) is 0 Å². The second-order valence-corrected chi connectivity index (χ2v) is 5.03. The van der Waals surface area contributed by atoms with Crippen molar-refractivity contribution in [2.45, 2.75) is 0 Å². The van der Waals surface area contributed by atoms with E-state index in [9.17, 15) is 4.79 Å². The maximum absolute atomic E-state index is 12.3. The van der Waals surface area contributed by atoms with Gasteiger partial charge in [-0.25, -0.2) is 4.98 Å². The second-order valence-electron chi connectivity index (χ2n) is 5.03. The summed E-state index contributed by atoms with van der Waals surface area (Å²) in [7, 11) is 3.90. The summed E-state index contributed by atoms with van der Waals surface area (Å²) in [6.45, 7) is 0. The van der Waals surface area contributed by atoms with E-state index in [1.807, 2.05) is 55.4 Å². The normalized spacial score (nSPS) is 10.6. The highest BCUT2D eigenvalue weighted by Gasteiger charge is 2.08. The number of anilines is 2. The highest BCUT2D eigenvalue weighted by atomic mass is 16.1. The van der Waals surface area contributed by atoms with Gasteiger partial charge >= 0.3 is 0 Å². The Morgan fingerprint density at radius 2 is 2.05 bits per heavy atom. The molecule has 21 heavy (non-hydrogen) atoms. The molecule has 1 aromatic heterocycles. The van der Waals surface area contributed by atoms with Crippen LogP contribution in [0.2, 0.25) is 0 Å². The van der Waals surface area contributed by atoms with E-state index >= 15 is 0 Å². The summed E-state index contributed by atoms with van der Waals surface area (Å²) in [5.41, 5.74) is 4.14. The van der Waals surface area contributed by atoms with Crippen LogP contribution in [0.4, 0.5) is 11.4 Å². The summed E-state index contributed by atoms with van der Waals surface area (Å²) in [5, 5.41) is 2.90. The number of imidazole rings is 1. The zero-order valence-electron chi connectivity index (χ0n) is 11.9. The van der Waals surface area contributed by atoms with E-state index < -0.39 is 0 Å². The minimum atomic E-state index is -0.127. The predicted octanol–water partition coefficient (Wildman–Crippen LogP) is 2.88. The van der Waals surface area contributed by atoms with Crippen LogP contribution in [0.1, 0.15) is 10.4 Å². The molecule has 0 atom stereocenters. The van der Waals surface area contributed by atoms with Crippen molar-refractivity contribution >= 4 is 28.3 Å². The summed E-state index contributed by atoms with van der Waals surface area (Å²) in [6, 6.07) is 13.1. The van der Waals surface area contributed by atoms with Crippen LogP contribution in [0.25, 0.3) is 11.0 Å². The van der Waals surface area contributed by atoms with E-state index in [0.717, 1.165) is 22.4 Å². The minimum absolute atomic E-state index is 0.127. The lowest BCUT2D eigenvalue weighted by Crippen LogP contribution is -2.14. The van der Waals surface area contributed by atoms with Crippen molar-refractivity contribution in [1.29, 1.82) is 0 Å². The largest absolute Gasteiger partial charge is 0.378 e. The first-order valence-corrected chi connectivity index (χ1v) is 6.65. The van der Waals surface area contributed by atoms with Crippen molar-refractivity contribution < 1.29 is 4.79 Å². The number of aromatic amines is 1. The fourth-order valence-electron chi connectivity index (χ4n) is 2.14. The maximum atomic E-state index is 12.3. The third-order valence-corrected chi connectivity index (χ3v) is 3.30. The topological polar surface area (TPSA) is 61.0 Å². The van der Waals surface area contributed by atoms with E-state index in [1.165, 1.54) is 0 Å². The molecule has 3 rings (SSSR count). The molecule has 2 N–H and O–H groups in total. The van der Waals surface area contributed by atoms with E-state index in [4.69, 9.17) is 0 Å². The van der Waals surface area contributed by atoms with Gasteiger partial charge in [0, 0.05) is 31.0 Å². The molecule has 0 bridgehead atoms. The van der Waals surface area contributed by atoms with Crippen LogP contribution in [-0.2, 0) is 0 Å². The first-order chi connectivity index (χ1) is 10.1. The fraction of sp³-hybridized carbons (Fsp3) is 0.125. The monoisotopic (exact) mass is 280 g/mol. The van der Waals surface area contributed by atoms with Gasteiger partial charge < -0.3 is 15.2 Å². The Hall–Kier alpha value is -2.82. The summed E-state index contributed by atoms with van der Waals surface area (Å²) in [4.78, 5) is 21.5. The Morgan fingerprint density at radius 3 is 2.86 bits per heavy atom. The summed E-state index contributed by atoms with van der Waals surface area (Å²) < 4.78 is 0. The lowest BCUT2D eigenvalue weighted by atomic mass is 10.1. The minimum Gasteiger partial charge on any atom is -0.378 e. The molecule has 0 fully saturated rings. The van der Waals surface area contributed by atoms with Crippen LogP contribution in [0.5, 0.6) is 0 Å². The number of nitrogens with one attached hydrogen (secondary N) is 2. The van der Waals surface area contributed by atoms with Gasteiger partial charge in [0.1, 0.15) is 0 Å². The Kier molecular flexibility index (Phi) is 3.31. The van der Waals surface area contributed by atoms with Gasteiger partial charge in [-0.15, -0.1) is 0 Å². The van der Waals surface area contributed by atoms with Crippen molar-refractivity contribution in [1.82, 2.24) is 9.97 Å². The van der Waals surface area contributed by atoms with Crippen LogP contribution in [-0.4, -0.2) is 30.0 Å². The zero-order chi connectivity index (χ0) is 14.8. The van der Waals surface area contributed by atoms with Crippen molar-refractivity contribution in [2.75, 3.05) is 24.3 Å². The molecule has 0 saturated carbocycles. The number of carbonyl (C=O) groups is 1. The predicted molar refractivity (Wildman–Crippen MR) is 84.8 cm³/mol. The molecule has 5 heteroatoms. The van der Waals surface area contributed by atoms with Crippen LogP contribution in [0.15, 0.2) is 48.8 Å². The highest BCUT2D eigenvalue weighted by molar-refractivity contribution is 6.05. The molecule has 0 radical (unpaired) electrons. The SMILES string of the molecule is CN(C)c1cccc(C(=O)Nc2ccc3nc[nH]c3c2)c1. The van der Waals surface area contributed by atoms with Crippen molar-refractivity contribution in [2.24, 2.45) is 0 Å². The Morgan fingerprint density at radius 1 is 1.19 bits per heavy atom. The Balaban J connectivity index is 1.83. The number of carbonyl (C=O) groups excluding carboxylic acids is 1. The van der Waals surface area contributed by atoms with Crippen LogP contribution in [0, 0.1) is 0 Å². The number of H-pyrrole nitrogens is 1. The molecule has 0 aliphatic heterocycles. The summed E-state index contributed by atoms with van der Waals surface area (Å²) in [5.74, 6) is -0.127. The standard InChI is InChI=1S/C16H16N4O/c1-20(2)13-5-3-4-11(8-13)16(21)19-12-6-7-14-15(9-12)18-10-17-14/h3-10H,1-2H3,(H,17,18)(H,19,21). The first-order valence-electron chi connectivity index (χ1n) is 6.65. The summed E-state index contributed by atoms with van der Waals surface area (Å²) >= 11 is 0. The molecule has 106 valence electrons. The number of hydrogen-bond acceptors (Lipinski definition) is 3. The first kappa shape index (κ1) is 13.2. The molecule has 0 aliphatic rings. The molecular formula is C16H16N4O. The fourth-order valence-corrected chi connectivity index (χ4v) is 2.14. The van der Waals surface area contributed by atoms with Gasteiger partial charge in [0.25, 0.3) is 5.91 Å². The second kappa shape index (κ2) is 5.28. The smallest absolute Gasteiger partial charge is 0.255 e. The average molecular weight is 280 g/mol. The number of fused-ring (bicyclic) bond motifs is 1. The third-order valence-electron chi connectivity index (χ3n) is 3.30. The average Bonchev–Trinajstić information content (AvgIpc) is 2.95. The number of benzene rings is 2. The number of amides is 1. The summed E-state index contributed by atoms with van der Waals surface area (Å²) in [6.07, 6.45) is 1.64. The Bertz CT molecular complexity index is 792. The zero-order valence-corrected chi connectivity index (χ0v) is 11.9. The number of rotatable bonds is 3. The highest BCUT2D eigenvalue weighted by Crippen LogP contribution is 2.18. The van der Waals surface area contributed by atoms with Crippen LogP contribution >= 0.6 is 0 Å². The molecule has 0 aliphatic carbocycles. The maximum Gasteiger partial charge on any atom is 0.255 e. The third kappa shape index (κ3) is 2.72. The van der Waals surface area contributed by atoms with Gasteiger partial charge in [-0.1, -0.05) is 6.07 Å². The van der Waals surface area contributed by atoms with Crippen LogP contribution < -0.4 is 10.2 Å².